The van der Waals surface area contributed by atoms with Crippen molar-refractivity contribution in [3.05, 3.63) is 52.1 Å². The van der Waals surface area contributed by atoms with Crippen LogP contribution in [-0.2, 0) is 19.1 Å². The minimum atomic E-state index is -0.913. The lowest BCUT2D eigenvalue weighted by Gasteiger charge is -2.17. The van der Waals surface area contributed by atoms with Crippen LogP contribution in [-0.4, -0.2) is 37.2 Å². The molecule has 0 radical (unpaired) electrons. The molecule has 9 heteroatoms. The fourth-order valence-electron chi connectivity index (χ4n) is 2.05. The van der Waals surface area contributed by atoms with E-state index in [1.807, 2.05) is 0 Å². The monoisotopic (exact) mass is 393 g/mol. The van der Waals surface area contributed by atoms with E-state index in [-0.39, 0.29) is 47.1 Å². The highest BCUT2D eigenvalue weighted by Crippen LogP contribution is 2.38. The summed E-state index contributed by atoms with van der Waals surface area (Å²) in [6.07, 6.45) is -0.913. The van der Waals surface area contributed by atoms with Crippen molar-refractivity contribution >= 4 is 17.6 Å². The Kier molecular flexibility index (Phi) is 8.18. The lowest BCUT2D eigenvalue weighted by Crippen LogP contribution is -2.14. The zero-order chi connectivity index (χ0) is 21.4. The van der Waals surface area contributed by atoms with E-state index >= 15 is 0 Å². The van der Waals surface area contributed by atoms with E-state index in [9.17, 15) is 19.7 Å². The summed E-state index contributed by atoms with van der Waals surface area (Å²) >= 11 is 0. The Hall–Kier alpha value is -3.36. The largest absolute Gasteiger partial charge is 0.493 e. The molecule has 0 saturated heterocycles. The van der Waals surface area contributed by atoms with Gasteiger partial charge in [-0.3, -0.25) is 10.1 Å². The molecule has 0 amide bonds. The van der Waals surface area contributed by atoms with Gasteiger partial charge < -0.3 is 18.9 Å². The molecule has 1 aromatic carbocycles. The van der Waals surface area contributed by atoms with Crippen molar-refractivity contribution < 1.29 is 33.5 Å². The molecule has 0 spiro atoms. The van der Waals surface area contributed by atoms with Crippen LogP contribution in [0.2, 0.25) is 0 Å². The van der Waals surface area contributed by atoms with Crippen LogP contribution in [0.4, 0.5) is 5.69 Å². The molecule has 0 heterocycles. The van der Waals surface area contributed by atoms with Gasteiger partial charge in [0.1, 0.15) is 19.3 Å². The van der Waals surface area contributed by atoms with Crippen molar-refractivity contribution in [2.24, 2.45) is 0 Å². The van der Waals surface area contributed by atoms with Crippen molar-refractivity contribution in [1.82, 2.24) is 0 Å². The molecular formula is C19H23NO8. The van der Waals surface area contributed by atoms with Gasteiger partial charge in [-0.1, -0.05) is 13.2 Å². The number of rotatable bonds is 10. The van der Waals surface area contributed by atoms with Crippen molar-refractivity contribution in [1.29, 1.82) is 0 Å². The van der Waals surface area contributed by atoms with Crippen molar-refractivity contribution in [2.45, 2.75) is 26.9 Å². The van der Waals surface area contributed by atoms with E-state index in [1.165, 1.54) is 40.0 Å². The number of hydrogen-bond acceptors (Lipinski definition) is 8. The quantitative estimate of drug-likeness (QED) is 0.196. The highest BCUT2D eigenvalue weighted by molar-refractivity contribution is 5.87. The highest BCUT2D eigenvalue weighted by Gasteiger charge is 2.26. The van der Waals surface area contributed by atoms with Crippen molar-refractivity contribution in [3.8, 4) is 11.5 Å². The van der Waals surface area contributed by atoms with Crippen LogP contribution < -0.4 is 9.47 Å². The van der Waals surface area contributed by atoms with Crippen molar-refractivity contribution in [3.63, 3.8) is 0 Å². The Balaban J connectivity index is 3.04. The average Bonchev–Trinajstić information content (AvgIpc) is 2.63. The molecule has 9 nitrogen and oxygen atoms in total. The minimum absolute atomic E-state index is 0.0495. The number of nitro groups is 1. The Morgan fingerprint density at radius 1 is 1.11 bits per heavy atom. The first kappa shape index (κ1) is 22.7. The maximum Gasteiger partial charge on any atom is 0.333 e. The third-order valence-corrected chi connectivity index (χ3v) is 3.50. The number of benzene rings is 1. The van der Waals surface area contributed by atoms with Gasteiger partial charge in [-0.2, -0.15) is 0 Å². The molecule has 0 fully saturated rings. The van der Waals surface area contributed by atoms with E-state index in [2.05, 4.69) is 13.2 Å². The first-order valence-corrected chi connectivity index (χ1v) is 8.26. The molecular weight excluding hydrogens is 370 g/mol. The van der Waals surface area contributed by atoms with Gasteiger partial charge in [-0.05, 0) is 26.8 Å². The molecule has 0 saturated carbocycles. The van der Waals surface area contributed by atoms with Gasteiger partial charge in [-0.15, -0.1) is 0 Å². The molecule has 0 aliphatic carbocycles. The maximum absolute atomic E-state index is 11.7. The third-order valence-electron chi connectivity index (χ3n) is 3.50. The van der Waals surface area contributed by atoms with E-state index in [0.717, 1.165) is 0 Å². The Morgan fingerprint density at radius 3 is 2.21 bits per heavy atom. The van der Waals surface area contributed by atoms with Gasteiger partial charge >= 0.3 is 11.9 Å². The number of hydrogen-bond donors (Lipinski definition) is 0. The topological polar surface area (TPSA) is 114 Å². The molecule has 1 rings (SSSR count). The average molecular weight is 393 g/mol. The second kappa shape index (κ2) is 10.1. The van der Waals surface area contributed by atoms with Gasteiger partial charge in [-0.25, -0.2) is 9.59 Å². The molecule has 152 valence electrons. The lowest BCUT2D eigenvalue weighted by molar-refractivity contribution is -0.386. The summed E-state index contributed by atoms with van der Waals surface area (Å²) in [6.45, 7) is 11.3. The molecule has 0 aliphatic heterocycles. The van der Waals surface area contributed by atoms with Crippen LogP contribution in [0.3, 0.4) is 0 Å². The molecule has 0 bridgehead atoms. The molecule has 1 unspecified atom stereocenters. The predicted octanol–water partition coefficient (Wildman–Crippen LogP) is 3.28. The summed E-state index contributed by atoms with van der Waals surface area (Å²) < 4.78 is 20.7. The zero-order valence-electron chi connectivity index (χ0n) is 16.3. The fraction of sp³-hybridized carbons (Fsp3) is 0.368. The van der Waals surface area contributed by atoms with Crippen LogP contribution in [0.5, 0.6) is 11.5 Å². The Labute approximate surface area is 162 Å². The SMILES string of the molecule is C=C(C)C(=O)OCCOc1cc([N+](=O)[O-])c(C(C)OC(=O)C(=C)C)cc1OC. The molecule has 0 aliphatic rings. The highest BCUT2D eigenvalue weighted by atomic mass is 16.6. The Bertz CT molecular complexity index is 799. The molecule has 0 N–H and O–H groups in total. The molecule has 1 atom stereocenters. The number of methoxy groups -OCH3 is 1. The van der Waals surface area contributed by atoms with Gasteiger partial charge in [0.15, 0.2) is 11.5 Å². The second-order valence-corrected chi connectivity index (χ2v) is 5.91. The van der Waals surface area contributed by atoms with Crippen LogP contribution in [0, 0.1) is 10.1 Å². The number of nitrogens with zero attached hydrogens (tertiary/aromatic N) is 1. The number of nitro benzene ring substituents is 1. The summed E-state index contributed by atoms with van der Waals surface area (Å²) in [5, 5.41) is 11.5. The van der Waals surface area contributed by atoms with Gasteiger partial charge in [0, 0.05) is 11.1 Å². The Morgan fingerprint density at radius 2 is 1.71 bits per heavy atom. The first-order valence-electron chi connectivity index (χ1n) is 8.26. The van der Waals surface area contributed by atoms with Gasteiger partial charge in [0.05, 0.1) is 23.7 Å². The van der Waals surface area contributed by atoms with E-state index in [0.29, 0.717) is 0 Å². The van der Waals surface area contributed by atoms with Crippen molar-refractivity contribution in [2.75, 3.05) is 20.3 Å². The summed E-state index contributed by atoms with van der Waals surface area (Å²) in [5.41, 5.74) is 0.246. The normalized spacial score (nSPS) is 11.1. The first-order chi connectivity index (χ1) is 13.1. The zero-order valence-corrected chi connectivity index (χ0v) is 16.3. The standard InChI is InChI=1S/C19H23NO8/c1-11(2)18(21)27-8-7-26-17-10-15(20(23)24)14(9-16(17)25-6)13(5)28-19(22)12(3)4/h9-10,13H,1,3,7-8H2,2,4-6H3. The smallest absolute Gasteiger partial charge is 0.333 e. The number of carbonyl (C=O) groups excluding carboxylic acids is 2. The summed E-state index contributed by atoms with van der Waals surface area (Å²) in [6, 6.07) is 2.53. The number of ether oxygens (including phenoxy) is 4. The third kappa shape index (κ3) is 6.11. The molecule has 28 heavy (non-hydrogen) atoms. The predicted molar refractivity (Wildman–Crippen MR) is 100 cm³/mol. The lowest BCUT2D eigenvalue weighted by atomic mass is 10.1. The van der Waals surface area contributed by atoms with Crippen LogP contribution in [0.15, 0.2) is 36.4 Å². The summed E-state index contributed by atoms with van der Waals surface area (Å²) in [7, 11) is 1.36. The maximum atomic E-state index is 11.7. The molecule has 0 aromatic heterocycles. The number of esters is 2. The minimum Gasteiger partial charge on any atom is -0.493 e. The molecule has 1 aromatic rings. The van der Waals surface area contributed by atoms with E-state index in [1.54, 1.807) is 0 Å². The fourth-order valence-corrected chi connectivity index (χ4v) is 2.05. The summed E-state index contributed by atoms with van der Waals surface area (Å²) in [5.74, 6) is -0.946. The van der Waals surface area contributed by atoms with Crippen LogP contribution in [0.1, 0.15) is 32.4 Å². The van der Waals surface area contributed by atoms with E-state index in [4.69, 9.17) is 18.9 Å². The van der Waals surface area contributed by atoms with Crippen LogP contribution >= 0.6 is 0 Å². The van der Waals surface area contributed by atoms with Crippen LogP contribution in [0.25, 0.3) is 0 Å². The van der Waals surface area contributed by atoms with Gasteiger partial charge in [0.2, 0.25) is 0 Å². The number of carbonyl (C=O) groups is 2. The summed E-state index contributed by atoms with van der Waals surface area (Å²) in [4.78, 5) is 33.9. The van der Waals surface area contributed by atoms with E-state index < -0.39 is 23.0 Å². The second-order valence-electron chi connectivity index (χ2n) is 5.91. The van der Waals surface area contributed by atoms with Gasteiger partial charge in [0.25, 0.3) is 5.69 Å².